The van der Waals surface area contributed by atoms with Gasteiger partial charge in [-0.25, -0.2) is 8.42 Å². The van der Waals surface area contributed by atoms with E-state index in [1.165, 1.54) is 23.1 Å². The molecule has 1 N–H and O–H groups in total. The number of sulfonamides is 1. The van der Waals surface area contributed by atoms with Gasteiger partial charge in [0.2, 0.25) is 21.8 Å². The molecule has 0 aliphatic heterocycles. The van der Waals surface area contributed by atoms with Crippen LogP contribution in [0.4, 0.5) is 11.4 Å². The Hall–Kier alpha value is -2.89. The van der Waals surface area contributed by atoms with Crippen molar-refractivity contribution in [3.63, 3.8) is 0 Å². The number of hydrogen-bond donors (Lipinski definition) is 1. The van der Waals surface area contributed by atoms with Crippen LogP contribution in [0.2, 0.25) is 10.0 Å². The van der Waals surface area contributed by atoms with Crippen LogP contribution in [0, 0.1) is 10.1 Å². The van der Waals surface area contributed by atoms with E-state index in [-0.39, 0.29) is 41.3 Å². The summed E-state index contributed by atoms with van der Waals surface area (Å²) < 4.78 is 26.2. The fourth-order valence-corrected chi connectivity index (χ4v) is 5.66. The predicted octanol–water partition coefficient (Wildman–Crippen LogP) is 4.53. The lowest BCUT2D eigenvalue weighted by atomic mass is 10.1. The molecule has 1 unspecified atom stereocenters. The quantitative estimate of drug-likeness (QED) is 0.305. The zero-order valence-corrected chi connectivity index (χ0v) is 23.4. The summed E-state index contributed by atoms with van der Waals surface area (Å²) in [6.45, 7) is 1.08. The maximum Gasteiger partial charge on any atom is 0.271 e. The number of carbonyl (C=O) groups is 2. The van der Waals surface area contributed by atoms with Crippen LogP contribution in [0.15, 0.2) is 42.5 Å². The fraction of sp³-hybridized carbons (Fsp3) is 0.440. The number of nitrogens with zero attached hydrogens (tertiary/aromatic N) is 3. The highest BCUT2D eigenvalue weighted by Gasteiger charge is 2.33. The molecule has 2 amide bonds. The van der Waals surface area contributed by atoms with Crippen LogP contribution in [0.3, 0.4) is 0 Å². The van der Waals surface area contributed by atoms with E-state index in [0.717, 1.165) is 42.3 Å². The van der Waals surface area contributed by atoms with E-state index in [1.54, 1.807) is 25.1 Å². The molecule has 38 heavy (non-hydrogen) atoms. The number of non-ortho nitro benzene ring substituents is 1. The molecule has 0 aromatic heterocycles. The van der Waals surface area contributed by atoms with Gasteiger partial charge >= 0.3 is 0 Å². The number of anilines is 1. The molecule has 2 aromatic rings. The molecule has 0 bridgehead atoms. The maximum atomic E-state index is 13.7. The summed E-state index contributed by atoms with van der Waals surface area (Å²) in [4.78, 5) is 39.0. The number of nitro benzene ring substituents is 1. The van der Waals surface area contributed by atoms with Crippen molar-refractivity contribution in [3.8, 4) is 0 Å². The van der Waals surface area contributed by atoms with Crippen LogP contribution in [0.5, 0.6) is 0 Å². The van der Waals surface area contributed by atoms with Crippen molar-refractivity contribution in [3.05, 3.63) is 68.2 Å². The third-order valence-corrected chi connectivity index (χ3v) is 8.31. The molecule has 0 radical (unpaired) electrons. The van der Waals surface area contributed by atoms with E-state index in [4.69, 9.17) is 23.2 Å². The van der Waals surface area contributed by atoms with Crippen molar-refractivity contribution in [2.24, 2.45) is 0 Å². The van der Waals surface area contributed by atoms with Crippen molar-refractivity contribution in [2.45, 2.75) is 57.7 Å². The lowest BCUT2D eigenvalue weighted by Crippen LogP contribution is -2.53. The fourth-order valence-electron chi connectivity index (χ4n) is 4.50. The topological polar surface area (TPSA) is 130 Å². The highest BCUT2D eigenvalue weighted by atomic mass is 35.5. The Labute approximate surface area is 232 Å². The molecule has 1 atom stereocenters. The standard InChI is InChI=1S/C25H30Cl2N4O6S/c1-3-23(25(33)28-18-7-4-5-8-18)29(15-17-11-12-21(26)22(27)13-17)24(32)16-30(38(2,36)37)19-9-6-10-20(14-19)31(34)35/h6,9-14,18,23H,3-5,7-8,15-16H2,1-2H3,(H,28,33). The van der Waals surface area contributed by atoms with Gasteiger partial charge in [-0.05, 0) is 43.0 Å². The number of benzene rings is 2. The summed E-state index contributed by atoms with van der Waals surface area (Å²) in [5.74, 6) is -0.976. The third-order valence-electron chi connectivity index (χ3n) is 6.43. The van der Waals surface area contributed by atoms with E-state index in [1.807, 2.05) is 0 Å². The van der Waals surface area contributed by atoms with Crippen LogP contribution in [-0.4, -0.2) is 54.9 Å². The molecule has 10 nitrogen and oxygen atoms in total. The smallest absolute Gasteiger partial charge is 0.271 e. The summed E-state index contributed by atoms with van der Waals surface area (Å²) in [5, 5.41) is 14.9. The van der Waals surface area contributed by atoms with Crippen molar-refractivity contribution in [2.75, 3.05) is 17.1 Å². The zero-order chi connectivity index (χ0) is 28.0. The third kappa shape index (κ3) is 7.58. The first-order chi connectivity index (χ1) is 17.9. The second-order valence-electron chi connectivity index (χ2n) is 9.23. The Morgan fingerprint density at radius 2 is 1.82 bits per heavy atom. The Bertz CT molecular complexity index is 1300. The second-order valence-corrected chi connectivity index (χ2v) is 12.0. The molecule has 0 saturated heterocycles. The average Bonchev–Trinajstić information content (AvgIpc) is 3.36. The number of hydrogen-bond acceptors (Lipinski definition) is 6. The SMILES string of the molecule is CCC(C(=O)NC1CCCC1)N(Cc1ccc(Cl)c(Cl)c1)C(=O)CN(c1cccc([N+](=O)[O-])c1)S(C)(=O)=O. The van der Waals surface area contributed by atoms with Crippen LogP contribution in [0.25, 0.3) is 0 Å². The van der Waals surface area contributed by atoms with Crippen molar-refractivity contribution in [1.82, 2.24) is 10.2 Å². The first-order valence-corrected chi connectivity index (χ1v) is 14.8. The second kappa shape index (κ2) is 12.8. The number of rotatable bonds is 11. The summed E-state index contributed by atoms with van der Waals surface area (Å²) in [6, 6.07) is 8.99. The number of amides is 2. The maximum absolute atomic E-state index is 13.7. The van der Waals surface area contributed by atoms with Gasteiger partial charge in [0.1, 0.15) is 12.6 Å². The van der Waals surface area contributed by atoms with Gasteiger partial charge in [-0.15, -0.1) is 0 Å². The van der Waals surface area contributed by atoms with Gasteiger partial charge in [-0.1, -0.05) is 55.1 Å². The molecule has 13 heteroatoms. The molecule has 1 aliphatic rings. The highest BCUT2D eigenvalue weighted by Crippen LogP contribution is 2.26. The summed E-state index contributed by atoms with van der Waals surface area (Å²) >= 11 is 12.2. The molecular weight excluding hydrogens is 555 g/mol. The summed E-state index contributed by atoms with van der Waals surface area (Å²) in [5.41, 5.74) is 0.243. The van der Waals surface area contributed by atoms with Crippen molar-refractivity contribution < 1.29 is 22.9 Å². The molecule has 0 heterocycles. The summed E-state index contributed by atoms with van der Waals surface area (Å²) in [7, 11) is -4.02. The van der Waals surface area contributed by atoms with E-state index in [9.17, 15) is 28.1 Å². The zero-order valence-electron chi connectivity index (χ0n) is 21.1. The minimum absolute atomic E-state index is 0.0239. The van der Waals surface area contributed by atoms with E-state index in [2.05, 4.69) is 5.32 Å². The Morgan fingerprint density at radius 1 is 1.13 bits per heavy atom. The highest BCUT2D eigenvalue weighted by molar-refractivity contribution is 7.92. The molecule has 1 saturated carbocycles. The van der Waals surface area contributed by atoms with Crippen LogP contribution < -0.4 is 9.62 Å². The Kier molecular flexibility index (Phi) is 9.97. The van der Waals surface area contributed by atoms with Crippen LogP contribution in [-0.2, 0) is 26.2 Å². The normalized spacial score (nSPS) is 14.6. The molecule has 206 valence electrons. The van der Waals surface area contributed by atoms with Crippen LogP contribution >= 0.6 is 23.2 Å². The molecule has 0 spiro atoms. The number of carbonyl (C=O) groups excluding carboxylic acids is 2. The van der Waals surface area contributed by atoms with Gasteiger partial charge < -0.3 is 10.2 Å². The van der Waals surface area contributed by atoms with E-state index >= 15 is 0 Å². The first-order valence-electron chi connectivity index (χ1n) is 12.2. The first kappa shape index (κ1) is 29.7. The van der Waals surface area contributed by atoms with Gasteiger partial charge in [0.15, 0.2) is 0 Å². The molecule has 3 rings (SSSR count). The van der Waals surface area contributed by atoms with E-state index < -0.39 is 33.4 Å². The molecule has 1 aliphatic carbocycles. The van der Waals surface area contributed by atoms with Gasteiger partial charge in [-0.2, -0.15) is 0 Å². The molecule has 2 aromatic carbocycles. The largest absolute Gasteiger partial charge is 0.352 e. The van der Waals surface area contributed by atoms with Crippen molar-refractivity contribution in [1.29, 1.82) is 0 Å². The Morgan fingerprint density at radius 3 is 2.39 bits per heavy atom. The average molecular weight is 586 g/mol. The van der Waals surface area contributed by atoms with Gasteiger partial charge in [0.25, 0.3) is 5.69 Å². The number of nitro groups is 1. The molecular formula is C25H30Cl2N4O6S. The molecule has 1 fully saturated rings. The van der Waals surface area contributed by atoms with Gasteiger partial charge in [0, 0.05) is 24.7 Å². The van der Waals surface area contributed by atoms with E-state index in [0.29, 0.717) is 10.6 Å². The minimum Gasteiger partial charge on any atom is -0.352 e. The van der Waals surface area contributed by atoms with Crippen molar-refractivity contribution >= 4 is 56.4 Å². The number of halogens is 2. The number of nitrogens with one attached hydrogen (secondary N) is 1. The lowest BCUT2D eigenvalue weighted by Gasteiger charge is -2.33. The monoisotopic (exact) mass is 584 g/mol. The minimum atomic E-state index is -4.02. The lowest BCUT2D eigenvalue weighted by molar-refractivity contribution is -0.384. The van der Waals surface area contributed by atoms with Crippen LogP contribution in [0.1, 0.15) is 44.6 Å². The summed E-state index contributed by atoms with van der Waals surface area (Å²) in [6.07, 6.45) is 4.93. The van der Waals surface area contributed by atoms with Gasteiger partial charge in [0.05, 0.1) is 26.9 Å². The predicted molar refractivity (Wildman–Crippen MR) is 147 cm³/mol. The Balaban J connectivity index is 1.96. The van der Waals surface area contributed by atoms with Gasteiger partial charge in [-0.3, -0.25) is 24.0 Å².